The highest BCUT2D eigenvalue weighted by Crippen LogP contribution is 2.30. The zero-order valence-electron chi connectivity index (χ0n) is 18.3. The third-order valence-electron chi connectivity index (χ3n) is 6.29. The van der Waals surface area contributed by atoms with Crippen LogP contribution in [0.4, 0.5) is 11.4 Å². The predicted octanol–water partition coefficient (Wildman–Crippen LogP) is 3.70. The van der Waals surface area contributed by atoms with Gasteiger partial charge in [0.1, 0.15) is 0 Å². The van der Waals surface area contributed by atoms with Crippen LogP contribution in [0.2, 0.25) is 0 Å². The quantitative estimate of drug-likeness (QED) is 0.742. The van der Waals surface area contributed by atoms with Gasteiger partial charge in [-0.1, -0.05) is 26.0 Å². The molecule has 0 saturated carbocycles. The third kappa shape index (κ3) is 4.77. The van der Waals surface area contributed by atoms with Crippen molar-refractivity contribution in [3.05, 3.63) is 53.6 Å². The molecule has 0 bridgehead atoms. The van der Waals surface area contributed by atoms with Crippen molar-refractivity contribution in [2.75, 3.05) is 29.4 Å². The smallest absolute Gasteiger partial charge is 0.240 e. The topological polar surface area (TPSA) is 69.7 Å². The number of carbonyl (C=O) groups excluding carboxylic acids is 1. The van der Waals surface area contributed by atoms with Crippen molar-refractivity contribution in [3.8, 4) is 0 Å². The van der Waals surface area contributed by atoms with Gasteiger partial charge < -0.3 is 9.80 Å². The summed E-state index contributed by atoms with van der Waals surface area (Å²) in [5.74, 6) is 0.773. The lowest BCUT2D eigenvalue weighted by Crippen LogP contribution is -2.34. The molecule has 0 radical (unpaired) electrons. The first kappa shape index (κ1) is 21.8. The van der Waals surface area contributed by atoms with Crippen molar-refractivity contribution < 1.29 is 13.2 Å². The number of piperidine rings is 1. The fourth-order valence-electron chi connectivity index (χ4n) is 4.51. The van der Waals surface area contributed by atoms with Gasteiger partial charge in [-0.3, -0.25) is 4.79 Å². The van der Waals surface area contributed by atoms with Crippen molar-refractivity contribution in [2.45, 2.75) is 51.0 Å². The Bertz CT molecular complexity index is 1050. The normalized spacial score (nSPS) is 18.8. The summed E-state index contributed by atoms with van der Waals surface area (Å²) in [4.78, 5) is 16.4. The Morgan fingerprint density at radius 2 is 1.90 bits per heavy atom. The molecule has 2 aliphatic rings. The lowest BCUT2D eigenvalue weighted by molar-refractivity contribution is -0.118. The Balaban J connectivity index is 1.41. The summed E-state index contributed by atoms with van der Waals surface area (Å²) in [7, 11) is -3.63. The molecule has 1 amide bonds. The minimum absolute atomic E-state index is 0.0648. The average molecular weight is 442 g/mol. The van der Waals surface area contributed by atoms with E-state index in [1.54, 1.807) is 23.1 Å². The number of fused-ring (bicyclic) bond motifs is 1. The second kappa shape index (κ2) is 9.01. The first-order valence-electron chi connectivity index (χ1n) is 11.1. The molecule has 0 aliphatic carbocycles. The lowest BCUT2D eigenvalue weighted by atomic mass is 9.99. The van der Waals surface area contributed by atoms with E-state index in [-0.39, 0.29) is 17.3 Å². The van der Waals surface area contributed by atoms with E-state index in [0.29, 0.717) is 25.3 Å². The van der Waals surface area contributed by atoms with Gasteiger partial charge in [-0.05, 0) is 66.6 Å². The average Bonchev–Trinajstić information content (AvgIpc) is 3.21. The van der Waals surface area contributed by atoms with Crippen molar-refractivity contribution in [1.82, 2.24) is 4.72 Å². The first-order chi connectivity index (χ1) is 14.9. The molecule has 1 unspecified atom stereocenters. The molecule has 1 saturated heterocycles. The Labute approximate surface area is 185 Å². The van der Waals surface area contributed by atoms with Crippen LogP contribution in [0.3, 0.4) is 0 Å². The molecular weight excluding hydrogens is 410 g/mol. The number of benzene rings is 2. The van der Waals surface area contributed by atoms with Crippen LogP contribution >= 0.6 is 0 Å². The van der Waals surface area contributed by atoms with Crippen molar-refractivity contribution in [1.29, 1.82) is 0 Å². The molecule has 0 spiro atoms. The molecule has 1 N–H and O–H groups in total. The van der Waals surface area contributed by atoms with Gasteiger partial charge in [0.05, 0.1) is 4.90 Å². The summed E-state index contributed by atoms with van der Waals surface area (Å²) in [6.07, 6.45) is 3.62. The SMILES string of the molecule is CCC(=O)N1CCc2cc(S(=O)(=O)NCc3ccc(N4CCCC(C)C4)cc3)ccc21. The lowest BCUT2D eigenvalue weighted by Gasteiger charge is -2.32. The zero-order chi connectivity index (χ0) is 22.0. The molecule has 2 aliphatic heterocycles. The molecule has 7 heteroatoms. The van der Waals surface area contributed by atoms with E-state index >= 15 is 0 Å². The van der Waals surface area contributed by atoms with E-state index in [4.69, 9.17) is 0 Å². The molecule has 4 rings (SSSR count). The van der Waals surface area contributed by atoms with E-state index < -0.39 is 10.0 Å². The summed E-state index contributed by atoms with van der Waals surface area (Å²) in [6.45, 7) is 7.13. The van der Waals surface area contributed by atoms with E-state index in [2.05, 4.69) is 28.7 Å². The Hall–Kier alpha value is -2.38. The highest BCUT2D eigenvalue weighted by molar-refractivity contribution is 7.89. The number of nitrogens with one attached hydrogen (secondary N) is 1. The van der Waals surface area contributed by atoms with Gasteiger partial charge in [-0.25, -0.2) is 13.1 Å². The third-order valence-corrected chi connectivity index (χ3v) is 7.68. The van der Waals surface area contributed by atoms with Crippen LogP contribution in [0.5, 0.6) is 0 Å². The second-order valence-corrected chi connectivity index (χ2v) is 10.4. The Morgan fingerprint density at radius 3 is 2.61 bits per heavy atom. The second-order valence-electron chi connectivity index (χ2n) is 8.62. The monoisotopic (exact) mass is 441 g/mol. The van der Waals surface area contributed by atoms with Crippen LogP contribution in [0, 0.1) is 5.92 Å². The molecule has 6 nitrogen and oxygen atoms in total. The molecule has 2 aromatic carbocycles. The van der Waals surface area contributed by atoms with Crippen molar-refractivity contribution in [3.63, 3.8) is 0 Å². The molecule has 31 heavy (non-hydrogen) atoms. The zero-order valence-corrected chi connectivity index (χ0v) is 19.1. The van der Waals surface area contributed by atoms with Crippen LogP contribution < -0.4 is 14.5 Å². The fourth-order valence-corrected chi connectivity index (χ4v) is 5.57. The van der Waals surface area contributed by atoms with Gasteiger partial charge in [-0.2, -0.15) is 0 Å². The maximum absolute atomic E-state index is 12.8. The number of hydrogen-bond acceptors (Lipinski definition) is 4. The highest BCUT2D eigenvalue weighted by Gasteiger charge is 2.25. The summed E-state index contributed by atoms with van der Waals surface area (Å²) >= 11 is 0. The van der Waals surface area contributed by atoms with Crippen molar-refractivity contribution in [2.24, 2.45) is 5.92 Å². The largest absolute Gasteiger partial charge is 0.371 e. The van der Waals surface area contributed by atoms with Crippen LogP contribution in [0.15, 0.2) is 47.4 Å². The predicted molar refractivity (Wildman–Crippen MR) is 124 cm³/mol. The number of rotatable bonds is 6. The maximum Gasteiger partial charge on any atom is 0.240 e. The number of sulfonamides is 1. The van der Waals surface area contributed by atoms with Crippen molar-refractivity contribution >= 4 is 27.3 Å². The molecule has 2 aromatic rings. The van der Waals surface area contributed by atoms with E-state index in [1.165, 1.54) is 18.5 Å². The van der Waals surface area contributed by atoms with Crippen LogP contribution in [0.1, 0.15) is 44.2 Å². The standard InChI is InChI=1S/C24H31N3O3S/c1-3-24(28)27-14-12-20-15-22(10-11-23(20)27)31(29,30)25-16-19-6-8-21(9-7-19)26-13-4-5-18(2)17-26/h6-11,15,18,25H,3-5,12-14,16-17H2,1-2H3. The summed E-state index contributed by atoms with van der Waals surface area (Å²) in [5, 5.41) is 0. The molecule has 1 atom stereocenters. The minimum atomic E-state index is -3.63. The van der Waals surface area contributed by atoms with Gasteiger partial charge in [0.25, 0.3) is 0 Å². The highest BCUT2D eigenvalue weighted by atomic mass is 32.2. The molecule has 166 valence electrons. The number of amides is 1. The number of carbonyl (C=O) groups is 1. The van der Waals surface area contributed by atoms with E-state index in [0.717, 1.165) is 29.9 Å². The molecule has 1 fully saturated rings. The Morgan fingerprint density at radius 1 is 1.13 bits per heavy atom. The van der Waals surface area contributed by atoms with E-state index in [1.807, 2.05) is 19.1 Å². The minimum Gasteiger partial charge on any atom is -0.371 e. The Kier molecular flexibility index (Phi) is 6.34. The number of anilines is 2. The first-order valence-corrected chi connectivity index (χ1v) is 12.6. The maximum atomic E-state index is 12.8. The summed E-state index contributed by atoms with van der Waals surface area (Å²) in [6, 6.07) is 13.2. The van der Waals surface area contributed by atoms with Crippen LogP contribution in [0.25, 0.3) is 0 Å². The van der Waals surface area contributed by atoms with E-state index in [9.17, 15) is 13.2 Å². The van der Waals surface area contributed by atoms with Gasteiger partial charge in [0, 0.05) is 44.0 Å². The van der Waals surface area contributed by atoms with Crippen LogP contribution in [-0.2, 0) is 27.8 Å². The van der Waals surface area contributed by atoms with Gasteiger partial charge in [-0.15, -0.1) is 0 Å². The molecular formula is C24H31N3O3S. The fraction of sp³-hybridized carbons (Fsp3) is 0.458. The van der Waals surface area contributed by atoms with Crippen LogP contribution in [-0.4, -0.2) is 34.0 Å². The molecule has 0 aromatic heterocycles. The van der Waals surface area contributed by atoms with Gasteiger partial charge in [0.15, 0.2) is 0 Å². The number of hydrogen-bond donors (Lipinski definition) is 1. The van der Waals surface area contributed by atoms with Gasteiger partial charge in [0.2, 0.25) is 15.9 Å². The summed E-state index contributed by atoms with van der Waals surface area (Å²) < 4.78 is 28.4. The summed E-state index contributed by atoms with van der Waals surface area (Å²) in [5.41, 5.74) is 3.86. The molecule has 2 heterocycles. The number of nitrogens with zero attached hydrogens (tertiary/aromatic N) is 2. The van der Waals surface area contributed by atoms with Gasteiger partial charge >= 0.3 is 0 Å².